The summed E-state index contributed by atoms with van der Waals surface area (Å²) < 4.78 is 41.2. The fourth-order valence-electron chi connectivity index (χ4n) is 2.18. The van der Waals surface area contributed by atoms with Crippen LogP contribution in [0.3, 0.4) is 0 Å². The van der Waals surface area contributed by atoms with E-state index in [4.69, 9.17) is 9.88 Å². The highest BCUT2D eigenvalue weighted by atomic mass is 32.2. The molecule has 116 valence electrons. The predicted molar refractivity (Wildman–Crippen MR) is 73.7 cm³/mol. The van der Waals surface area contributed by atoms with Gasteiger partial charge in [0.15, 0.2) is 0 Å². The monoisotopic (exact) mass is 316 g/mol. The van der Waals surface area contributed by atoms with Crippen LogP contribution in [-0.2, 0) is 14.8 Å². The van der Waals surface area contributed by atoms with Crippen LogP contribution >= 0.6 is 0 Å². The van der Waals surface area contributed by atoms with Crippen molar-refractivity contribution in [1.82, 2.24) is 5.32 Å². The lowest BCUT2D eigenvalue weighted by atomic mass is 10.1. The lowest BCUT2D eigenvalue weighted by Gasteiger charge is -2.10. The average Bonchev–Trinajstić information content (AvgIpc) is 2.91. The Morgan fingerprint density at radius 2 is 2.24 bits per heavy atom. The normalized spacial score (nSPS) is 18.7. The van der Waals surface area contributed by atoms with Gasteiger partial charge in [0, 0.05) is 18.7 Å². The molecule has 0 aromatic heterocycles. The lowest BCUT2D eigenvalue weighted by molar-refractivity contribution is 0.0907. The summed E-state index contributed by atoms with van der Waals surface area (Å²) >= 11 is 0. The average molecular weight is 316 g/mol. The number of hydrogen-bond acceptors (Lipinski definition) is 4. The largest absolute Gasteiger partial charge is 0.378 e. The Balaban J connectivity index is 1.99. The summed E-state index contributed by atoms with van der Waals surface area (Å²) in [7, 11) is -4.20. The highest BCUT2D eigenvalue weighted by Gasteiger charge is 2.18. The molecule has 0 aliphatic carbocycles. The minimum Gasteiger partial charge on any atom is -0.378 e. The topological polar surface area (TPSA) is 98.5 Å². The summed E-state index contributed by atoms with van der Waals surface area (Å²) in [6, 6.07) is 3.06. The van der Waals surface area contributed by atoms with Crippen LogP contribution in [0.5, 0.6) is 0 Å². The SMILES string of the molecule is NS(=O)(=O)c1cc(C(=O)NCCC2CCCO2)ccc1F. The van der Waals surface area contributed by atoms with Crippen molar-refractivity contribution in [2.75, 3.05) is 13.2 Å². The maximum Gasteiger partial charge on any atom is 0.251 e. The van der Waals surface area contributed by atoms with Gasteiger partial charge >= 0.3 is 0 Å². The number of nitrogens with two attached hydrogens (primary N) is 1. The second-order valence-corrected chi connectivity index (χ2v) is 6.40. The molecule has 1 unspecified atom stereocenters. The standard InChI is InChI=1S/C13H17FN2O4S/c14-11-4-3-9(8-12(11)21(15,18)19)13(17)16-6-5-10-2-1-7-20-10/h3-4,8,10H,1-2,5-7H2,(H,16,17)(H2,15,18,19). The van der Waals surface area contributed by atoms with Crippen molar-refractivity contribution in [2.45, 2.75) is 30.3 Å². The molecule has 1 heterocycles. The van der Waals surface area contributed by atoms with Gasteiger partial charge in [0.1, 0.15) is 10.7 Å². The van der Waals surface area contributed by atoms with Crippen molar-refractivity contribution in [1.29, 1.82) is 0 Å². The Morgan fingerprint density at radius 3 is 2.86 bits per heavy atom. The van der Waals surface area contributed by atoms with Gasteiger partial charge in [-0.3, -0.25) is 4.79 Å². The highest BCUT2D eigenvalue weighted by Crippen LogP contribution is 2.16. The zero-order valence-corrected chi connectivity index (χ0v) is 12.2. The number of nitrogens with one attached hydrogen (secondary N) is 1. The number of primary sulfonamides is 1. The lowest BCUT2D eigenvalue weighted by Crippen LogP contribution is -2.27. The van der Waals surface area contributed by atoms with Gasteiger partial charge < -0.3 is 10.1 Å². The molecule has 8 heteroatoms. The molecule has 1 aromatic rings. The van der Waals surface area contributed by atoms with Crippen molar-refractivity contribution in [3.8, 4) is 0 Å². The molecule has 1 amide bonds. The molecule has 1 saturated heterocycles. The van der Waals surface area contributed by atoms with Crippen LogP contribution in [0.4, 0.5) is 4.39 Å². The minimum atomic E-state index is -4.20. The van der Waals surface area contributed by atoms with Gasteiger partial charge in [-0.1, -0.05) is 0 Å². The molecule has 6 nitrogen and oxygen atoms in total. The number of benzene rings is 1. The second kappa shape index (κ2) is 6.50. The molecule has 0 radical (unpaired) electrons. The van der Waals surface area contributed by atoms with Gasteiger partial charge in [-0.15, -0.1) is 0 Å². The predicted octanol–water partition coefficient (Wildman–Crippen LogP) is 0.772. The summed E-state index contributed by atoms with van der Waals surface area (Å²) in [4.78, 5) is 11.2. The number of rotatable bonds is 5. The zero-order chi connectivity index (χ0) is 15.5. The molecule has 0 bridgehead atoms. The van der Waals surface area contributed by atoms with E-state index in [0.29, 0.717) is 13.0 Å². The highest BCUT2D eigenvalue weighted by molar-refractivity contribution is 7.89. The molecule has 1 aliphatic rings. The van der Waals surface area contributed by atoms with E-state index >= 15 is 0 Å². The van der Waals surface area contributed by atoms with Gasteiger partial charge in [0.25, 0.3) is 5.91 Å². The van der Waals surface area contributed by atoms with E-state index < -0.39 is 26.6 Å². The van der Waals surface area contributed by atoms with E-state index in [9.17, 15) is 17.6 Å². The van der Waals surface area contributed by atoms with Crippen LogP contribution < -0.4 is 10.5 Å². The van der Waals surface area contributed by atoms with Gasteiger partial charge in [0.2, 0.25) is 10.0 Å². The number of sulfonamides is 1. The van der Waals surface area contributed by atoms with Crippen LogP contribution in [0.2, 0.25) is 0 Å². The molecule has 3 N–H and O–H groups in total. The van der Waals surface area contributed by atoms with Crippen molar-refractivity contribution in [3.63, 3.8) is 0 Å². The first-order chi connectivity index (χ1) is 9.88. The van der Waals surface area contributed by atoms with Gasteiger partial charge in [-0.25, -0.2) is 17.9 Å². The van der Waals surface area contributed by atoms with E-state index in [2.05, 4.69) is 5.32 Å². The van der Waals surface area contributed by atoms with Crippen LogP contribution in [0.15, 0.2) is 23.1 Å². The molecular formula is C13H17FN2O4S. The first kappa shape index (κ1) is 15.9. The smallest absolute Gasteiger partial charge is 0.251 e. The van der Waals surface area contributed by atoms with Crippen LogP contribution in [0.1, 0.15) is 29.6 Å². The summed E-state index contributed by atoms with van der Waals surface area (Å²) in [5.41, 5.74) is 0.0489. The summed E-state index contributed by atoms with van der Waals surface area (Å²) in [5.74, 6) is -1.45. The Hall–Kier alpha value is -1.51. The van der Waals surface area contributed by atoms with E-state index in [1.54, 1.807) is 0 Å². The number of halogens is 1. The first-order valence-corrected chi connectivity index (χ1v) is 8.15. The van der Waals surface area contributed by atoms with Crippen LogP contribution in [0.25, 0.3) is 0 Å². The molecule has 0 saturated carbocycles. The van der Waals surface area contributed by atoms with Gasteiger partial charge in [0.05, 0.1) is 6.10 Å². The van der Waals surface area contributed by atoms with Crippen LogP contribution in [0, 0.1) is 5.82 Å². The van der Waals surface area contributed by atoms with Gasteiger partial charge in [-0.2, -0.15) is 0 Å². The molecule has 1 aliphatic heterocycles. The fourth-order valence-corrected chi connectivity index (χ4v) is 2.81. The zero-order valence-electron chi connectivity index (χ0n) is 11.3. The third-order valence-electron chi connectivity index (χ3n) is 3.28. The second-order valence-electron chi connectivity index (χ2n) is 4.87. The third-order valence-corrected chi connectivity index (χ3v) is 4.20. The summed E-state index contributed by atoms with van der Waals surface area (Å²) in [6.45, 7) is 1.15. The molecular weight excluding hydrogens is 299 g/mol. The summed E-state index contributed by atoms with van der Waals surface area (Å²) in [6.07, 6.45) is 2.84. The van der Waals surface area contributed by atoms with E-state index in [-0.39, 0.29) is 11.7 Å². The van der Waals surface area contributed by atoms with Crippen LogP contribution in [-0.4, -0.2) is 33.6 Å². The third kappa shape index (κ3) is 4.23. The Morgan fingerprint density at radius 1 is 1.48 bits per heavy atom. The Kier molecular flexibility index (Phi) is 4.92. The number of carbonyl (C=O) groups is 1. The molecule has 2 rings (SSSR count). The van der Waals surface area contributed by atoms with E-state index in [0.717, 1.165) is 31.6 Å². The molecule has 0 spiro atoms. The Labute approximate surface area is 122 Å². The van der Waals surface area contributed by atoms with Crippen molar-refractivity contribution in [3.05, 3.63) is 29.6 Å². The quantitative estimate of drug-likeness (QED) is 0.838. The Bertz CT molecular complexity index is 627. The maximum atomic E-state index is 13.4. The maximum absolute atomic E-state index is 13.4. The number of ether oxygens (including phenoxy) is 1. The van der Waals surface area contributed by atoms with E-state index in [1.165, 1.54) is 6.07 Å². The summed E-state index contributed by atoms with van der Waals surface area (Å²) in [5, 5.41) is 7.54. The van der Waals surface area contributed by atoms with E-state index in [1.807, 2.05) is 0 Å². The fraction of sp³-hybridized carbons (Fsp3) is 0.462. The molecule has 1 atom stereocenters. The number of carbonyl (C=O) groups excluding carboxylic acids is 1. The van der Waals surface area contributed by atoms with Crippen molar-refractivity contribution < 1.29 is 22.3 Å². The minimum absolute atomic E-state index is 0.0489. The molecule has 1 fully saturated rings. The van der Waals surface area contributed by atoms with Gasteiger partial charge in [-0.05, 0) is 37.5 Å². The van der Waals surface area contributed by atoms with Crippen molar-refractivity contribution >= 4 is 15.9 Å². The number of amides is 1. The molecule has 21 heavy (non-hydrogen) atoms. The van der Waals surface area contributed by atoms with Crippen molar-refractivity contribution in [2.24, 2.45) is 5.14 Å². The molecule has 1 aromatic carbocycles. The number of hydrogen-bond donors (Lipinski definition) is 2. The first-order valence-electron chi connectivity index (χ1n) is 6.60.